The molecule has 0 spiro atoms. The number of aromatic nitrogens is 2. The third kappa shape index (κ3) is 6.43. The molecule has 3 aromatic rings. The fraction of sp³-hybridized carbons (Fsp3) is 0.393. The normalized spacial score (nSPS) is 18.4. The van der Waals surface area contributed by atoms with Gasteiger partial charge in [-0.2, -0.15) is 0 Å². The quantitative estimate of drug-likeness (QED) is 0.367. The lowest BCUT2D eigenvalue weighted by atomic mass is 10.1. The molecule has 1 N–H and O–H groups in total. The van der Waals surface area contributed by atoms with Crippen molar-refractivity contribution in [2.45, 2.75) is 29.9 Å². The molecule has 1 aromatic heterocycles. The molecule has 188 valence electrons. The summed E-state index contributed by atoms with van der Waals surface area (Å²) in [5, 5.41) is 3.76. The highest BCUT2D eigenvalue weighted by atomic mass is 32.2. The lowest BCUT2D eigenvalue weighted by Gasteiger charge is -2.33. The van der Waals surface area contributed by atoms with Crippen molar-refractivity contribution in [3.8, 4) is 11.3 Å². The third-order valence-electron chi connectivity index (χ3n) is 6.66. The number of hydrogen-bond acceptors (Lipinski definition) is 7. The number of benzene rings is 2. The van der Waals surface area contributed by atoms with Crippen LogP contribution >= 0.6 is 11.8 Å². The number of anilines is 1. The average molecular weight is 504 g/mol. The van der Waals surface area contributed by atoms with Gasteiger partial charge in [0.25, 0.3) is 5.91 Å². The summed E-state index contributed by atoms with van der Waals surface area (Å²) in [5.74, 6) is 1.60. The summed E-state index contributed by atoms with van der Waals surface area (Å²) in [6.45, 7) is 5.30. The molecule has 36 heavy (non-hydrogen) atoms. The van der Waals surface area contributed by atoms with Crippen molar-refractivity contribution in [1.82, 2.24) is 20.2 Å². The monoisotopic (exact) mass is 503 g/mol. The van der Waals surface area contributed by atoms with E-state index in [0.717, 1.165) is 73.4 Å². The van der Waals surface area contributed by atoms with Crippen LogP contribution in [0.5, 0.6) is 0 Å². The van der Waals surface area contributed by atoms with Crippen LogP contribution in [0.15, 0.2) is 65.8 Å². The van der Waals surface area contributed by atoms with Gasteiger partial charge in [-0.1, -0.05) is 54.2 Å². The summed E-state index contributed by atoms with van der Waals surface area (Å²) in [6, 6.07) is 20.2. The maximum atomic E-state index is 12.7. The number of nitrogens with zero attached hydrogens (tertiary/aromatic N) is 4. The highest BCUT2D eigenvalue weighted by Crippen LogP contribution is 2.28. The second kappa shape index (κ2) is 11.9. The second-order valence-electron chi connectivity index (χ2n) is 9.38. The number of hydrogen-bond donors (Lipinski definition) is 1. The molecule has 5 rings (SSSR count). The zero-order chi connectivity index (χ0) is 24.7. The predicted octanol–water partition coefficient (Wildman–Crippen LogP) is 4.10. The Morgan fingerprint density at radius 2 is 1.89 bits per heavy atom. The van der Waals surface area contributed by atoms with Crippen LogP contribution in [-0.4, -0.2) is 73.3 Å². The minimum Gasteiger partial charge on any atom is -0.376 e. The van der Waals surface area contributed by atoms with Crippen molar-refractivity contribution in [1.29, 1.82) is 0 Å². The van der Waals surface area contributed by atoms with Gasteiger partial charge in [-0.15, -0.1) is 0 Å². The molecule has 2 fully saturated rings. The van der Waals surface area contributed by atoms with Gasteiger partial charge in [-0.3, -0.25) is 4.79 Å². The Balaban J connectivity index is 1.29. The van der Waals surface area contributed by atoms with E-state index in [9.17, 15) is 4.79 Å². The van der Waals surface area contributed by atoms with Crippen LogP contribution in [0, 0.1) is 0 Å². The van der Waals surface area contributed by atoms with Gasteiger partial charge in [0.05, 0.1) is 11.8 Å². The van der Waals surface area contributed by atoms with E-state index in [1.165, 1.54) is 0 Å². The van der Waals surface area contributed by atoms with Crippen molar-refractivity contribution in [2.24, 2.45) is 0 Å². The van der Waals surface area contributed by atoms with E-state index in [1.807, 2.05) is 42.5 Å². The Bertz CT molecular complexity index is 1160. The van der Waals surface area contributed by atoms with Crippen LogP contribution in [0.25, 0.3) is 11.3 Å². The van der Waals surface area contributed by atoms with Crippen LogP contribution in [0.2, 0.25) is 0 Å². The summed E-state index contributed by atoms with van der Waals surface area (Å²) in [6.07, 6.45) is 2.21. The van der Waals surface area contributed by atoms with Gasteiger partial charge in [-0.05, 0) is 37.6 Å². The van der Waals surface area contributed by atoms with Gasteiger partial charge in [0, 0.05) is 62.3 Å². The van der Waals surface area contributed by atoms with E-state index < -0.39 is 0 Å². The Hall–Kier alpha value is -2.94. The molecule has 0 aliphatic carbocycles. The first-order valence-corrected chi connectivity index (χ1v) is 13.6. The van der Waals surface area contributed by atoms with E-state index in [-0.39, 0.29) is 12.0 Å². The molecular formula is C28H33N5O2S. The summed E-state index contributed by atoms with van der Waals surface area (Å²) in [5.41, 5.74) is 3.76. The summed E-state index contributed by atoms with van der Waals surface area (Å²) < 4.78 is 5.61. The van der Waals surface area contributed by atoms with Gasteiger partial charge in [-0.25, -0.2) is 9.97 Å². The van der Waals surface area contributed by atoms with Crippen molar-refractivity contribution >= 4 is 23.5 Å². The molecule has 0 saturated carbocycles. The zero-order valence-corrected chi connectivity index (χ0v) is 21.5. The number of ether oxygens (including phenoxy) is 1. The Kier molecular flexibility index (Phi) is 8.15. The first-order valence-electron chi connectivity index (χ1n) is 12.6. The largest absolute Gasteiger partial charge is 0.376 e. The number of amides is 1. The number of nitrogens with one attached hydrogen (secondary N) is 1. The van der Waals surface area contributed by atoms with Crippen LogP contribution < -0.4 is 10.2 Å². The van der Waals surface area contributed by atoms with E-state index in [2.05, 4.69) is 40.4 Å². The molecule has 1 atom stereocenters. The van der Waals surface area contributed by atoms with Gasteiger partial charge in [0.15, 0.2) is 5.16 Å². The lowest BCUT2D eigenvalue weighted by molar-refractivity contribution is 0.0857. The molecule has 0 radical (unpaired) electrons. The standard InChI is InChI=1S/C28H33N5O2S/c1-32-12-14-33(15-13-32)26-18-25(22-8-3-2-4-9-22)30-28(31-26)36-20-21-7-5-10-23(17-21)27(34)29-19-24-11-6-16-35-24/h2-5,7-10,17-18,24H,6,11-16,19-20H2,1H3,(H,29,34). The number of piperazine rings is 1. The minimum absolute atomic E-state index is 0.0583. The molecule has 0 bridgehead atoms. The van der Waals surface area contributed by atoms with Gasteiger partial charge >= 0.3 is 0 Å². The Labute approximate surface area is 217 Å². The third-order valence-corrected chi connectivity index (χ3v) is 7.58. The molecule has 2 aliphatic rings. The molecule has 2 aromatic carbocycles. The number of carbonyl (C=O) groups is 1. The molecule has 2 aliphatic heterocycles. The van der Waals surface area contributed by atoms with Crippen LogP contribution in [-0.2, 0) is 10.5 Å². The fourth-order valence-corrected chi connectivity index (χ4v) is 5.29. The molecule has 1 unspecified atom stereocenters. The van der Waals surface area contributed by atoms with E-state index in [0.29, 0.717) is 17.9 Å². The highest BCUT2D eigenvalue weighted by molar-refractivity contribution is 7.98. The van der Waals surface area contributed by atoms with Crippen molar-refractivity contribution < 1.29 is 9.53 Å². The second-order valence-corrected chi connectivity index (χ2v) is 10.3. The van der Waals surface area contributed by atoms with Crippen LogP contribution in [0.4, 0.5) is 5.82 Å². The van der Waals surface area contributed by atoms with E-state index in [1.54, 1.807) is 11.8 Å². The summed E-state index contributed by atoms with van der Waals surface area (Å²) in [4.78, 5) is 27.2. The summed E-state index contributed by atoms with van der Waals surface area (Å²) in [7, 11) is 2.16. The van der Waals surface area contributed by atoms with Crippen molar-refractivity contribution in [3.05, 3.63) is 71.8 Å². The smallest absolute Gasteiger partial charge is 0.251 e. The van der Waals surface area contributed by atoms with Gasteiger partial charge < -0.3 is 19.9 Å². The molecule has 3 heterocycles. The minimum atomic E-state index is -0.0583. The number of thioether (sulfide) groups is 1. The molecule has 8 heteroatoms. The Morgan fingerprint density at radius 1 is 1.06 bits per heavy atom. The Morgan fingerprint density at radius 3 is 2.67 bits per heavy atom. The molecule has 1 amide bonds. The number of rotatable bonds is 8. The predicted molar refractivity (Wildman–Crippen MR) is 144 cm³/mol. The average Bonchev–Trinajstić information content (AvgIpc) is 3.45. The number of likely N-dealkylation sites (N-methyl/N-ethyl adjacent to an activating group) is 1. The lowest BCUT2D eigenvalue weighted by Crippen LogP contribution is -2.44. The fourth-order valence-electron chi connectivity index (χ4n) is 4.50. The van der Waals surface area contributed by atoms with E-state index in [4.69, 9.17) is 14.7 Å². The van der Waals surface area contributed by atoms with Gasteiger partial charge in [0.1, 0.15) is 5.82 Å². The van der Waals surface area contributed by atoms with Crippen molar-refractivity contribution in [3.63, 3.8) is 0 Å². The van der Waals surface area contributed by atoms with Crippen LogP contribution in [0.1, 0.15) is 28.8 Å². The SMILES string of the molecule is CN1CCN(c2cc(-c3ccccc3)nc(SCc3cccc(C(=O)NCC4CCCO4)c3)n2)CC1. The molecule has 2 saturated heterocycles. The first kappa shape index (κ1) is 24.7. The van der Waals surface area contributed by atoms with Gasteiger partial charge in [0.2, 0.25) is 0 Å². The van der Waals surface area contributed by atoms with Crippen LogP contribution in [0.3, 0.4) is 0 Å². The first-order chi connectivity index (χ1) is 17.6. The molecular weight excluding hydrogens is 470 g/mol. The topological polar surface area (TPSA) is 70.6 Å². The maximum absolute atomic E-state index is 12.7. The zero-order valence-electron chi connectivity index (χ0n) is 20.7. The van der Waals surface area contributed by atoms with E-state index >= 15 is 0 Å². The maximum Gasteiger partial charge on any atom is 0.251 e. The summed E-state index contributed by atoms with van der Waals surface area (Å²) >= 11 is 1.60. The number of carbonyl (C=O) groups excluding carboxylic acids is 1. The van der Waals surface area contributed by atoms with Crippen molar-refractivity contribution in [2.75, 3.05) is 51.3 Å². The molecule has 7 nitrogen and oxygen atoms in total. The highest BCUT2D eigenvalue weighted by Gasteiger charge is 2.19.